The summed E-state index contributed by atoms with van der Waals surface area (Å²) in [6.07, 6.45) is 2.83. The number of hydrogen-bond acceptors (Lipinski definition) is 1. The van der Waals surface area contributed by atoms with Crippen molar-refractivity contribution in [2.24, 2.45) is 0 Å². The molecule has 1 nitrogen and oxygen atoms in total. The Morgan fingerprint density at radius 1 is 1.50 bits per heavy atom. The highest BCUT2D eigenvalue weighted by Gasteiger charge is 2.07. The van der Waals surface area contributed by atoms with Crippen LogP contribution < -0.4 is 5.32 Å². The Kier molecular flexibility index (Phi) is 4.18. The summed E-state index contributed by atoms with van der Waals surface area (Å²) >= 11 is 6.00. The summed E-state index contributed by atoms with van der Waals surface area (Å²) in [5.41, 5.74) is 2.41. The first-order valence-corrected chi connectivity index (χ1v) is 5.10. The van der Waals surface area contributed by atoms with Crippen molar-refractivity contribution in [3.8, 4) is 0 Å². The maximum atomic E-state index is 6.00. The van der Waals surface area contributed by atoms with Gasteiger partial charge in [0.2, 0.25) is 0 Å². The van der Waals surface area contributed by atoms with Gasteiger partial charge in [-0.2, -0.15) is 0 Å². The van der Waals surface area contributed by atoms with Crippen LogP contribution in [0.25, 0.3) is 0 Å². The van der Waals surface area contributed by atoms with Crippen molar-refractivity contribution < 1.29 is 0 Å². The standard InChI is InChI=1S/C12H16ClN/c1-4-5-12(14-3)10-6-9(2)7-11(13)8-10/h4,6-8,12,14H,1,5H2,2-3H3. The summed E-state index contributed by atoms with van der Waals surface area (Å²) in [7, 11) is 1.95. The van der Waals surface area contributed by atoms with Crippen molar-refractivity contribution in [2.45, 2.75) is 19.4 Å². The Morgan fingerprint density at radius 2 is 2.21 bits per heavy atom. The molecule has 0 aromatic heterocycles. The van der Waals surface area contributed by atoms with Crippen LogP contribution in [-0.2, 0) is 0 Å². The summed E-state index contributed by atoms with van der Waals surface area (Å²) in [4.78, 5) is 0. The Balaban J connectivity index is 2.96. The quantitative estimate of drug-likeness (QED) is 0.749. The monoisotopic (exact) mass is 209 g/mol. The number of hydrogen-bond donors (Lipinski definition) is 1. The van der Waals surface area contributed by atoms with Gasteiger partial charge >= 0.3 is 0 Å². The maximum Gasteiger partial charge on any atom is 0.0411 e. The number of benzene rings is 1. The molecule has 76 valence electrons. The van der Waals surface area contributed by atoms with Gasteiger partial charge in [-0.15, -0.1) is 6.58 Å². The van der Waals surface area contributed by atoms with Crippen molar-refractivity contribution in [3.63, 3.8) is 0 Å². The van der Waals surface area contributed by atoms with Crippen LogP contribution in [-0.4, -0.2) is 7.05 Å². The van der Waals surface area contributed by atoms with Gasteiger partial charge in [-0.05, 0) is 43.7 Å². The molecule has 0 spiro atoms. The lowest BCUT2D eigenvalue weighted by Crippen LogP contribution is -2.15. The zero-order valence-corrected chi connectivity index (χ0v) is 9.43. The van der Waals surface area contributed by atoms with Crippen LogP contribution in [0.15, 0.2) is 30.9 Å². The van der Waals surface area contributed by atoms with Gasteiger partial charge in [0.1, 0.15) is 0 Å². The van der Waals surface area contributed by atoms with E-state index < -0.39 is 0 Å². The Labute approximate surface area is 90.8 Å². The third-order valence-corrected chi connectivity index (χ3v) is 2.44. The van der Waals surface area contributed by atoms with Crippen LogP contribution in [0.5, 0.6) is 0 Å². The highest BCUT2D eigenvalue weighted by Crippen LogP contribution is 2.22. The first-order valence-electron chi connectivity index (χ1n) is 4.72. The molecule has 1 atom stereocenters. The van der Waals surface area contributed by atoms with E-state index in [1.165, 1.54) is 11.1 Å². The van der Waals surface area contributed by atoms with Crippen LogP contribution in [0.3, 0.4) is 0 Å². The zero-order chi connectivity index (χ0) is 10.6. The minimum Gasteiger partial charge on any atom is -0.313 e. The van der Waals surface area contributed by atoms with E-state index >= 15 is 0 Å². The number of rotatable bonds is 4. The van der Waals surface area contributed by atoms with E-state index in [-0.39, 0.29) is 0 Å². The molecule has 1 aromatic rings. The molecule has 1 N–H and O–H groups in total. The smallest absolute Gasteiger partial charge is 0.0411 e. The first-order chi connectivity index (χ1) is 6.67. The van der Waals surface area contributed by atoms with Gasteiger partial charge in [-0.25, -0.2) is 0 Å². The SMILES string of the molecule is C=CCC(NC)c1cc(C)cc(Cl)c1. The third kappa shape index (κ3) is 2.86. The number of nitrogens with one attached hydrogen (secondary N) is 1. The molecule has 0 aliphatic heterocycles. The fraction of sp³-hybridized carbons (Fsp3) is 0.333. The van der Waals surface area contributed by atoms with E-state index in [4.69, 9.17) is 11.6 Å². The van der Waals surface area contributed by atoms with Gasteiger partial charge in [-0.1, -0.05) is 23.7 Å². The Hall–Kier alpha value is -0.790. The van der Waals surface area contributed by atoms with Crippen LogP contribution in [0.2, 0.25) is 5.02 Å². The normalized spacial score (nSPS) is 12.5. The minimum absolute atomic E-state index is 0.310. The molecular weight excluding hydrogens is 194 g/mol. The molecule has 0 radical (unpaired) electrons. The molecule has 0 aliphatic rings. The predicted molar refractivity (Wildman–Crippen MR) is 62.8 cm³/mol. The molecule has 1 unspecified atom stereocenters. The average molecular weight is 210 g/mol. The highest BCUT2D eigenvalue weighted by atomic mass is 35.5. The van der Waals surface area contributed by atoms with E-state index in [0.717, 1.165) is 11.4 Å². The predicted octanol–water partition coefficient (Wildman–Crippen LogP) is 3.49. The number of aryl methyl sites for hydroxylation is 1. The molecule has 1 rings (SSSR count). The fourth-order valence-electron chi connectivity index (χ4n) is 1.55. The third-order valence-electron chi connectivity index (χ3n) is 2.22. The lowest BCUT2D eigenvalue weighted by Gasteiger charge is -2.15. The second kappa shape index (κ2) is 5.18. The molecule has 0 bridgehead atoms. The summed E-state index contributed by atoms with van der Waals surface area (Å²) in [6, 6.07) is 6.42. The summed E-state index contributed by atoms with van der Waals surface area (Å²) < 4.78 is 0. The van der Waals surface area contributed by atoms with Gasteiger partial charge in [0, 0.05) is 11.1 Å². The molecule has 0 saturated heterocycles. The molecular formula is C12H16ClN. The van der Waals surface area contributed by atoms with E-state index in [2.05, 4.69) is 24.9 Å². The van der Waals surface area contributed by atoms with Crippen LogP contribution >= 0.6 is 11.6 Å². The van der Waals surface area contributed by atoms with Crippen molar-refractivity contribution in [3.05, 3.63) is 47.0 Å². The lowest BCUT2D eigenvalue weighted by molar-refractivity contribution is 0.603. The molecule has 0 saturated carbocycles. The van der Waals surface area contributed by atoms with Gasteiger partial charge in [0.25, 0.3) is 0 Å². The molecule has 2 heteroatoms. The van der Waals surface area contributed by atoms with Crippen LogP contribution in [0.1, 0.15) is 23.6 Å². The van der Waals surface area contributed by atoms with E-state index in [1.807, 2.05) is 25.3 Å². The van der Waals surface area contributed by atoms with Gasteiger partial charge in [-0.3, -0.25) is 0 Å². The Morgan fingerprint density at radius 3 is 2.71 bits per heavy atom. The fourth-order valence-corrected chi connectivity index (χ4v) is 1.85. The van der Waals surface area contributed by atoms with Crippen LogP contribution in [0, 0.1) is 6.92 Å². The summed E-state index contributed by atoms with van der Waals surface area (Å²) in [5.74, 6) is 0. The topological polar surface area (TPSA) is 12.0 Å². The average Bonchev–Trinajstić information content (AvgIpc) is 2.12. The van der Waals surface area contributed by atoms with Gasteiger partial charge in [0.05, 0.1) is 0 Å². The van der Waals surface area contributed by atoms with Crippen molar-refractivity contribution in [2.75, 3.05) is 7.05 Å². The maximum absolute atomic E-state index is 6.00. The molecule has 1 aromatic carbocycles. The van der Waals surface area contributed by atoms with Crippen molar-refractivity contribution in [1.29, 1.82) is 0 Å². The number of halogens is 1. The zero-order valence-electron chi connectivity index (χ0n) is 8.68. The Bertz CT molecular complexity index is 300. The van der Waals surface area contributed by atoms with Crippen molar-refractivity contribution >= 4 is 11.6 Å². The molecule has 0 fully saturated rings. The van der Waals surface area contributed by atoms with Gasteiger partial charge in [0.15, 0.2) is 0 Å². The molecule has 0 aliphatic carbocycles. The molecule has 14 heavy (non-hydrogen) atoms. The first kappa shape index (κ1) is 11.3. The van der Waals surface area contributed by atoms with Gasteiger partial charge < -0.3 is 5.32 Å². The van der Waals surface area contributed by atoms with Crippen molar-refractivity contribution in [1.82, 2.24) is 5.32 Å². The second-order valence-electron chi connectivity index (χ2n) is 3.43. The lowest BCUT2D eigenvalue weighted by atomic mass is 10.0. The largest absolute Gasteiger partial charge is 0.313 e. The minimum atomic E-state index is 0.310. The van der Waals surface area contributed by atoms with E-state index in [0.29, 0.717) is 6.04 Å². The van der Waals surface area contributed by atoms with E-state index in [1.54, 1.807) is 0 Å². The highest BCUT2D eigenvalue weighted by molar-refractivity contribution is 6.30. The molecule has 0 amide bonds. The summed E-state index contributed by atoms with van der Waals surface area (Å²) in [6.45, 7) is 5.80. The molecule has 0 heterocycles. The van der Waals surface area contributed by atoms with E-state index in [9.17, 15) is 0 Å². The second-order valence-corrected chi connectivity index (χ2v) is 3.86. The summed E-state index contributed by atoms with van der Waals surface area (Å²) in [5, 5.41) is 4.04. The van der Waals surface area contributed by atoms with Crippen LogP contribution in [0.4, 0.5) is 0 Å².